The lowest BCUT2D eigenvalue weighted by molar-refractivity contribution is -0.145. The predicted octanol–water partition coefficient (Wildman–Crippen LogP) is 1.92. The number of carbonyl (C=O) groups is 1. The van der Waals surface area contributed by atoms with Crippen LogP contribution in [0.3, 0.4) is 0 Å². The lowest BCUT2D eigenvalue weighted by Gasteiger charge is -2.35. The topological polar surface area (TPSA) is 40.5 Å². The van der Waals surface area contributed by atoms with Gasteiger partial charge in [0.2, 0.25) is 0 Å². The highest BCUT2D eigenvalue weighted by Crippen LogP contribution is 2.23. The summed E-state index contributed by atoms with van der Waals surface area (Å²) in [5.41, 5.74) is 0. The zero-order chi connectivity index (χ0) is 10.7. The van der Waals surface area contributed by atoms with Crippen LogP contribution in [0.5, 0.6) is 0 Å². The van der Waals surface area contributed by atoms with Crippen LogP contribution < -0.4 is 0 Å². The summed E-state index contributed by atoms with van der Waals surface area (Å²) in [7, 11) is 0. The molecule has 1 heterocycles. The molecule has 0 aromatic carbocycles. The van der Waals surface area contributed by atoms with Crippen LogP contribution in [0.4, 0.5) is 0 Å². The average Bonchev–Trinajstić information content (AvgIpc) is 2.07. The lowest BCUT2D eigenvalue weighted by atomic mass is 9.92. The Morgan fingerprint density at radius 2 is 2.36 bits per heavy atom. The molecule has 2 atom stereocenters. The highest BCUT2D eigenvalue weighted by molar-refractivity contribution is 6.29. The SMILES string of the molecule is C=C(Cl)CN1CCC(C)CC1C(=O)O. The largest absolute Gasteiger partial charge is 0.480 e. The van der Waals surface area contributed by atoms with E-state index in [1.54, 1.807) is 0 Å². The third-order valence-electron chi connectivity index (χ3n) is 2.64. The molecule has 80 valence electrons. The molecule has 4 heteroatoms. The van der Waals surface area contributed by atoms with E-state index in [1.807, 2.05) is 4.90 Å². The number of nitrogens with zero attached hydrogens (tertiary/aromatic N) is 1. The number of aliphatic carboxylic acids is 1. The normalized spacial score (nSPS) is 28.7. The van der Waals surface area contributed by atoms with E-state index in [1.165, 1.54) is 0 Å². The van der Waals surface area contributed by atoms with Gasteiger partial charge in [0.25, 0.3) is 0 Å². The summed E-state index contributed by atoms with van der Waals surface area (Å²) in [5, 5.41) is 9.53. The van der Waals surface area contributed by atoms with Crippen molar-refractivity contribution in [3.05, 3.63) is 11.6 Å². The highest BCUT2D eigenvalue weighted by atomic mass is 35.5. The molecule has 1 aliphatic heterocycles. The van der Waals surface area contributed by atoms with Crippen molar-refractivity contribution >= 4 is 17.6 Å². The fourth-order valence-electron chi connectivity index (χ4n) is 1.86. The minimum absolute atomic E-state index is 0.394. The van der Waals surface area contributed by atoms with Crippen LogP contribution in [0.1, 0.15) is 19.8 Å². The number of piperidine rings is 1. The maximum absolute atomic E-state index is 11.0. The number of likely N-dealkylation sites (tertiary alicyclic amines) is 1. The second kappa shape index (κ2) is 4.80. The molecule has 1 rings (SSSR count). The van der Waals surface area contributed by atoms with Crippen molar-refractivity contribution in [3.8, 4) is 0 Å². The minimum Gasteiger partial charge on any atom is -0.480 e. The molecule has 0 radical (unpaired) electrons. The zero-order valence-electron chi connectivity index (χ0n) is 8.37. The summed E-state index contributed by atoms with van der Waals surface area (Å²) in [6.07, 6.45) is 1.74. The van der Waals surface area contributed by atoms with Crippen LogP contribution >= 0.6 is 11.6 Å². The molecular formula is C10H16ClNO2. The highest BCUT2D eigenvalue weighted by Gasteiger charge is 2.31. The van der Waals surface area contributed by atoms with Crippen LogP contribution in [-0.4, -0.2) is 35.1 Å². The first-order valence-electron chi connectivity index (χ1n) is 4.81. The summed E-state index contributed by atoms with van der Waals surface area (Å²) < 4.78 is 0. The first-order valence-corrected chi connectivity index (χ1v) is 5.18. The summed E-state index contributed by atoms with van der Waals surface area (Å²) >= 11 is 5.69. The van der Waals surface area contributed by atoms with Gasteiger partial charge in [-0.2, -0.15) is 0 Å². The smallest absolute Gasteiger partial charge is 0.320 e. The molecule has 0 aromatic rings. The molecule has 1 saturated heterocycles. The van der Waals surface area contributed by atoms with Crippen LogP contribution in [0, 0.1) is 5.92 Å². The number of hydrogen-bond acceptors (Lipinski definition) is 2. The van der Waals surface area contributed by atoms with Crippen LogP contribution in [0.15, 0.2) is 11.6 Å². The molecule has 3 nitrogen and oxygen atoms in total. The second-order valence-corrected chi connectivity index (χ2v) is 4.51. The van der Waals surface area contributed by atoms with E-state index in [9.17, 15) is 4.79 Å². The lowest BCUT2D eigenvalue weighted by Crippen LogP contribution is -2.47. The molecule has 0 bridgehead atoms. The molecule has 1 aliphatic rings. The van der Waals surface area contributed by atoms with Gasteiger partial charge in [0.1, 0.15) is 6.04 Å². The fourth-order valence-corrected chi connectivity index (χ4v) is 2.01. The fraction of sp³-hybridized carbons (Fsp3) is 0.700. The van der Waals surface area contributed by atoms with E-state index < -0.39 is 12.0 Å². The summed E-state index contributed by atoms with van der Waals surface area (Å²) in [6, 6.07) is -0.394. The van der Waals surface area contributed by atoms with Crippen molar-refractivity contribution < 1.29 is 9.90 Å². The van der Waals surface area contributed by atoms with Crippen LogP contribution in [0.2, 0.25) is 0 Å². The first-order chi connectivity index (χ1) is 6.50. The van der Waals surface area contributed by atoms with Gasteiger partial charge in [-0.3, -0.25) is 9.69 Å². The Morgan fingerprint density at radius 3 is 2.86 bits per heavy atom. The number of hydrogen-bond donors (Lipinski definition) is 1. The molecule has 0 spiro atoms. The Hall–Kier alpha value is -0.540. The van der Waals surface area contributed by atoms with Gasteiger partial charge < -0.3 is 5.11 Å². The van der Waals surface area contributed by atoms with Crippen molar-refractivity contribution in [2.75, 3.05) is 13.1 Å². The van der Waals surface area contributed by atoms with E-state index in [4.69, 9.17) is 16.7 Å². The van der Waals surface area contributed by atoms with E-state index in [0.29, 0.717) is 23.9 Å². The van der Waals surface area contributed by atoms with Gasteiger partial charge in [0, 0.05) is 11.6 Å². The molecule has 0 aromatic heterocycles. The molecule has 0 amide bonds. The molecule has 0 saturated carbocycles. The van der Waals surface area contributed by atoms with E-state index in [0.717, 1.165) is 13.0 Å². The van der Waals surface area contributed by atoms with E-state index in [2.05, 4.69) is 13.5 Å². The summed E-state index contributed by atoms with van der Waals surface area (Å²) in [4.78, 5) is 12.9. The first kappa shape index (κ1) is 11.5. The van der Waals surface area contributed by atoms with Gasteiger partial charge in [0.15, 0.2) is 0 Å². The Bertz CT molecular complexity index is 242. The number of carboxylic acids is 1. The van der Waals surface area contributed by atoms with Gasteiger partial charge in [-0.1, -0.05) is 25.1 Å². The molecule has 0 aliphatic carbocycles. The summed E-state index contributed by atoms with van der Waals surface area (Å²) in [5.74, 6) is -0.273. The molecule has 2 unspecified atom stereocenters. The van der Waals surface area contributed by atoms with Gasteiger partial charge in [-0.25, -0.2) is 0 Å². The monoisotopic (exact) mass is 217 g/mol. The van der Waals surface area contributed by atoms with Crippen LogP contribution in [0.25, 0.3) is 0 Å². The average molecular weight is 218 g/mol. The molecule has 1 N–H and O–H groups in total. The van der Waals surface area contributed by atoms with Crippen LogP contribution in [-0.2, 0) is 4.79 Å². The number of rotatable bonds is 3. The van der Waals surface area contributed by atoms with Crippen molar-refractivity contribution in [2.24, 2.45) is 5.92 Å². The van der Waals surface area contributed by atoms with Crippen molar-refractivity contribution in [1.82, 2.24) is 4.90 Å². The third kappa shape index (κ3) is 3.00. The predicted molar refractivity (Wildman–Crippen MR) is 56.4 cm³/mol. The van der Waals surface area contributed by atoms with Crippen molar-refractivity contribution in [2.45, 2.75) is 25.8 Å². The molecule has 1 fully saturated rings. The van der Waals surface area contributed by atoms with E-state index in [-0.39, 0.29) is 0 Å². The van der Waals surface area contributed by atoms with Crippen molar-refractivity contribution in [1.29, 1.82) is 0 Å². The summed E-state index contributed by atoms with van der Waals surface area (Å²) in [6.45, 7) is 6.95. The Balaban J connectivity index is 2.62. The quantitative estimate of drug-likeness (QED) is 0.786. The molecule has 14 heavy (non-hydrogen) atoms. The van der Waals surface area contributed by atoms with E-state index >= 15 is 0 Å². The standard InChI is InChI=1S/C10H16ClNO2/c1-7-3-4-12(6-8(2)11)9(5-7)10(13)14/h7,9H,2-6H2,1H3,(H,13,14). The minimum atomic E-state index is -0.755. The molecular weight excluding hydrogens is 202 g/mol. The van der Waals surface area contributed by atoms with Gasteiger partial charge in [-0.15, -0.1) is 0 Å². The van der Waals surface area contributed by atoms with Gasteiger partial charge >= 0.3 is 5.97 Å². The third-order valence-corrected chi connectivity index (χ3v) is 2.75. The Labute approximate surface area is 89.3 Å². The second-order valence-electron chi connectivity index (χ2n) is 3.97. The maximum Gasteiger partial charge on any atom is 0.320 e. The Kier molecular flexibility index (Phi) is 3.96. The number of halogens is 1. The Morgan fingerprint density at radius 1 is 1.71 bits per heavy atom. The van der Waals surface area contributed by atoms with Gasteiger partial charge in [-0.05, 0) is 25.3 Å². The maximum atomic E-state index is 11.0. The zero-order valence-corrected chi connectivity index (χ0v) is 9.13. The van der Waals surface area contributed by atoms with Gasteiger partial charge in [0.05, 0.1) is 0 Å². The number of carboxylic acid groups (broad SMARTS) is 1. The van der Waals surface area contributed by atoms with Crippen molar-refractivity contribution in [3.63, 3.8) is 0 Å².